The molecule has 1 heterocycles. The first-order valence-electron chi connectivity index (χ1n) is 11.8. The van der Waals surface area contributed by atoms with Crippen molar-refractivity contribution in [1.29, 1.82) is 0 Å². The molecule has 1 aliphatic rings. The number of anilines is 1. The first-order valence-corrected chi connectivity index (χ1v) is 11.8. The second-order valence-corrected chi connectivity index (χ2v) is 8.02. The van der Waals surface area contributed by atoms with Crippen LogP contribution in [0.15, 0.2) is 48.0 Å². The van der Waals surface area contributed by atoms with Gasteiger partial charge >= 0.3 is 5.97 Å². The van der Waals surface area contributed by atoms with Crippen LogP contribution in [0.1, 0.15) is 38.7 Å². The Morgan fingerprint density at radius 3 is 2.48 bits per heavy atom. The molecule has 1 N–H and O–H groups in total. The number of nitrogens with zero attached hydrogens (tertiary/aromatic N) is 1. The van der Waals surface area contributed by atoms with E-state index in [1.165, 1.54) is 0 Å². The Bertz CT molecular complexity index is 923. The van der Waals surface area contributed by atoms with E-state index < -0.39 is 5.97 Å². The lowest BCUT2D eigenvalue weighted by Gasteiger charge is -2.25. The quantitative estimate of drug-likeness (QED) is 0.417. The highest BCUT2D eigenvalue weighted by Crippen LogP contribution is 2.33. The van der Waals surface area contributed by atoms with Crippen molar-refractivity contribution in [2.75, 3.05) is 51.0 Å². The highest BCUT2D eigenvalue weighted by molar-refractivity contribution is 5.94. The van der Waals surface area contributed by atoms with E-state index in [9.17, 15) is 9.90 Å². The van der Waals surface area contributed by atoms with Crippen molar-refractivity contribution in [1.82, 2.24) is 0 Å². The van der Waals surface area contributed by atoms with Gasteiger partial charge < -0.3 is 24.2 Å². The zero-order chi connectivity index (χ0) is 23.5. The van der Waals surface area contributed by atoms with Gasteiger partial charge in [-0.1, -0.05) is 25.1 Å². The number of fused-ring (bicyclic) bond motifs is 1. The largest absolute Gasteiger partial charge is 0.491 e. The van der Waals surface area contributed by atoms with E-state index in [1.54, 1.807) is 0 Å². The number of carboxylic acid groups (broad SMARTS) is 1. The van der Waals surface area contributed by atoms with Crippen LogP contribution in [-0.2, 0) is 14.3 Å². The fourth-order valence-electron chi connectivity index (χ4n) is 3.88. The molecule has 0 aromatic heterocycles. The van der Waals surface area contributed by atoms with Gasteiger partial charge in [0, 0.05) is 44.2 Å². The molecule has 33 heavy (non-hydrogen) atoms. The predicted molar refractivity (Wildman–Crippen MR) is 132 cm³/mol. The standard InChI is InChI=1S/C27H35NO5/c1-3-15-32-17-18-33-25-9-6-21(7-10-25)22-8-11-26-24(19-22)20-23(27(29)30)12-14-28(26)13-5-16-31-4-2/h6-11,19-20H,3-5,12-18H2,1-2H3,(H,29,30). The van der Waals surface area contributed by atoms with Gasteiger partial charge in [-0.15, -0.1) is 0 Å². The molecule has 0 amide bonds. The summed E-state index contributed by atoms with van der Waals surface area (Å²) in [7, 11) is 0. The molecule has 0 unspecified atom stereocenters. The van der Waals surface area contributed by atoms with Gasteiger partial charge in [0.25, 0.3) is 0 Å². The number of aliphatic carboxylic acids is 1. The zero-order valence-corrected chi connectivity index (χ0v) is 19.7. The van der Waals surface area contributed by atoms with Crippen LogP contribution in [0.2, 0.25) is 0 Å². The van der Waals surface area contributed by atoms with Crippen LogP contribution < -0.4 is 9.64 Å². The monoisotopic (exact) mass is 453 g/mol. The van der Waals surface area contributed by atoms with E-state index in [0.717, 1.165) is 54.1 Å². The maximum atomic E-state index is 11.7. The number of carboxylic acids is 1. The SMILES string of the molecule is CCCOCCOc1ccc(-c2ccc3c(c2)C=C(C(=O)O)CCN3CCCOCC)cc1. The summed E-state index contributed by atoms with van der Waals surface area (Å²) in [5.41, 5.74) is 4.55. The third-order valence-electron chi connectivity index (χ3n) is 5.58. The van der Waals surface area contributed by atoms with Crippen molar-refractivity contribution in [3.05, 3.63) is 53.6 Å². The van der Waals surface area contributed by atoms with E-state index >= 15 is 0 Å². The minimum Gasteiger partial charge on any atom is -0.491 e. The highest BCUT2D eigenvalue weighted by Gasteiger charge is 2.19. The Morgan fingerprint density at radius 2 is 1.76 bits per heavy atom. The summed E-state index contributed by atoms with van der Waals surface area (Å²) in [5, 5.41) is 9.63. The molecular formula is C27H35NO5. The molecule has 2 aromatic rings. The second kappa shape index (κ2) is 13.0. The molecule has 0 spiro atoms. The maximum Gasteiger partial charge on any atom is 0.331 e. The van der Waals surface area contributed by atoms with Crippen LogP contribution in [0.3, 0.4) is 0 Å². The lowest BCUT2D eigenvalue weighted by molar-refractivity contribution is -0.132. The van der Waals surface area contributed by atoms with E-state index in [4.69, 9.17) is 14.2 Å². The Kier molecular flexibility index (Phi) is 9.78. The molecule has 178 valence electrons. The summed E-state index contributed by atoms with van der Waals surface area (Å²) >= 11 is 0. The van der Waals surface area contributed by atoms with Crippen molar-refractivity contribution in [2.45, 2.75) is 33.1 Å². The van der Waals surface area contributed by atoms with Crippen molar-refractivity contribution < 1.29 is 24.1 Å². The van der Waals surface area contributed by atoms with Crippen LogP contribution in [0.5, 0.6) is 5.75 Å². The van der Waals surface area contributed by atoms with Crippen LogP contribution in [-0.4, -0.2) is 57.2 Å². The smallest absolute Gasteiger partial charge is 0.331 e. The lowest BCUT2D eigenvalue weighted by Crippen LogP contribution is -2.27. The van der Waals surface area contributed by atoms with Crippen molar-refractivity contribution in [2.24, 2.45) is 0 Å². The fraction of sp³-hybridized carbons (Fsp3) is 0.444. The molecule has 1 aliphatic heterocycles. The second-order valence-electron chi connectivity index (χ2n) is 8.02. The first kappa shape index (κ1) is 24.8. The topological polar surface area (TPSA) is 68.2 Å². The predicted octanol–water partition coefficient (Wildman–Crippen LogP) is 5.26. The molecule has 2 aromatic carbocycles. The summed E-state index contributed by atoms with van der Waals surface area (Å²) in [4.78, 5) is 14.0. The minimum absolute atomic E-state index is 0.440. The van der Waals surface area contributed by atoms with Gasteiger partial charge in [0.1, 0.15) is 12.4 Å². The molecule has 0 saturated carbocycles. The number of benzene rings is 2. The third-order valence-corrected chi connectivity index (χ3v) is 5.58. The van der Waals surface area contributed by atoms with Crippen LogP contribution in [0.25, 0.3) is 17.2 Å². The van der Waals surface area contributed by atoms with Crippen molar-refractivity contribution in [3.63, 3.8) is 0 Å². The fourth-order valence-corrected chi connectivity index (χ4v) is 3.88. The molecule has 0 bridgehead atoms. The maximum absolute atomic E-state index is 11.7. The van der Waals surface area contributed by atoms with Crippen LogP contribution in [0.4, 0.5) is 5.69 Å². The van der Waals surface area contributed by atoms with E-state index in [-0.39, 0.29) is 0 Å². The third kappa shape index (κ3) is 7.34. The van der Waals surface area contributed by atoms with Crippen molar-refractivity contribution >= 4 is 17.7 Å². The molecule has 3 rings (SSSR count). The molecule has 6 nitrogen and oxygen atoms in total. The molecular weight excluding hydrogens is 418 g/mol. The van der Waals surface area contributed by atoms with Gasteiger partial charge in [-0.05, 0) is 73.2 Å². The normalized spacial score (nSPS) is 13.3. The van der Waals surface area contributed by atoms with E-state index in [0.29, 0.717) is 45.0 Å². The van der Waals surface area contributed by atoms with Crippen molar-refractivity contribution in [3.8, 4) is 16.9 Å². The van der Waals surface area contributed by atoms with E-state index in [1.807, 2.05) is 37.3 Å². The van der Waals surface area contributed by atoms with Gasteiger partial charge in [-0.3, -0.25) is 0 Å². The molecule has 0 saturated heterocycles. The van der Waals surface area contributed by atoms with Gasteiger partial charge in [-0.2, -0.15) is 0 Å². The summed E-state index contributed by atoms with van der Waals surface area (Å²) in [6.45, 7) is 8.88. The summed E-state index contributed by atoms with van der Waals surface area (Å²) in [6, 6.07) is 14.3. The van der Waals surface area contributed by atoms with Crippen LogP contribution in [0, 0.1) is 0 Å². The number of hydrogen-bond donors (Lipinski definition) is 1. The molecule has 6 heteroatoms. The highest BCUT2D eigenvalue weighted by atomic mass is 16.5. The van der Waals surface area contributed by atoms with Gasteiger partial charge in [-0.25, -0.2) is 4.79 Å². The summed E-state index contributed by atoms with van der Waals surface area (Å²) in [5.74, 6) is -0.0471. The Labute approximate surface area is 196 Å². The molecule has 0 aliphatic carbocycles. The molecule has 0 atom stereocenters. The summed E-state index contributed by atoms with van der Waals surface area (Å²) in [6.07, 6.45) is 4.24. The number of hydrogen-bond acceptors (Lipinski definition) is 5. The zero-order valence-electron chi connectivity index (χ0n) is 19.7. The van der Waals surface area contributed by atoms with Gasteiger partial charge in [0.2, 0.25) is 0 Å². The van der Waals surface area contributed by atoms with Gasteiger partial charge in [0.05, 0.1) is 6.61 Å². The van der Waals surface area contributed by atoms with Crippen LogP contribution >= 0.6 is 0 Å². The average molecular weight is 454 g/mol. The average Bonchev–Trinajstić information content (AvgIpc) is 3.01. The number of ether oxygens (including phenoxy) is 3. The van der Waals surface area contributed by atoms with E-state index in [2.05, 4.69) is 30.0 Å². The minimum atomic E-state index is -0.855. The number of carbonyl (C=O) groups is 1. The Hall–Kier alpha value is -2.83. The first-order chi connectivity index (χ1) is 16.1. The Morgan fingerprint density at radius 1 is 0.970 bits per heavy atom. The molecule has 0 fully saturated rings. The summed E-state index contributed by atoms with van der Waals surface area (Å²) < 4.78 is 16.7. The molecule has 0 radical (unpaired) electrons. The van der Waals surface area contributed by atoms with Gasteiger partial charge in [0.15, 0.2) is 0 Å². The number of rotatable bonds is 13. The Balaban J connectivity index is 1.75. The lowest BCUT2D eigenvalue weighted by atomic mass is 10.00.